The second kappa shape index (κ2) is 5.61. The van der Waals surface area contributed by atoms with Crippen molar-refractivity contribution in [3.8, 4) is 0 Å². The Kier molecular flexibility index (Phi) is 4.13. The van der Waals surface area contributed by atoms with Crippen LogP contribution in [0, 0.1) is 0 Å². The summed E-state index contributed by atoms with van der Waals surface area (Å²) in [4.78, 5) is 6.71. The highest BCUT2D eigenvalue weighted by molar-refractivity contribution is 5.13. The van der Waals surface area contributed by atoms with E-state index < -0.39 is 0 Å². The van der Waals surface area contributed by atoms with Gasteiger partial charge in [0.25, 0.3) is 0 Å². The molecule has 1 N–H and O–H groups in total. The van der Waals surface area contributed by atoms with E-state index in [0.29, 0.717) is 18.1 Å². The number of aromatic nitrogens is 1. The maximum atomic E-state index is 4.17. The van der Waals surface area contributed by atoms with Crippen LogP contribution in [0.3, 0.4) is 0 Å². The molecule has 1 aromatic heterocycles. The van der Waals surface area contributed by atoms with Gasteiger partial charge in [0.05, 0.1) is 0 Å². The first kappa shape index (κ1) is 12.5. The first-order chi connectivity index (χ1) is 8.16. The van der Waals surface area contributed by atoms with Crippen molar-refractivity contribution < 1.29 is 0 Å². The molecule has 0 amide bonds. The number of nitrogens with zero attached hydrogens (tertiary/aromatic N) is 2. The lowest BCUT2D eigenvalue weighted by molar-refractivity contribution is 0.266. The summed E-state index contributed by atoms with van der Waals surface area (Å²) in [5.41, 5.74) is 1.27. The molecule has 1 aromatic rings. The molecule has 2 atom stereocenters. The van der Waals surface area contributed by atoms with Gasteiger partial charge in [-0.05, 0) is 45.4 Å². The molecule has 2 rings (SSSR count). The molecule has 1 aliphatic rings. The summed E-state index contributed by atoms with van der Waals surface area (Å²) >= 11 is 0. The fraction of sp³-hybridized carbons (Fsp3) is 0.643. The molecule has 3 heteroatoms. The van der Waals surface area contributed by atoms with Crippen molar-refractivity contribution in [1.29, 1.82) is 0 Å². The third-order valence-corrected chi connectivity index (χ3v) is 3.62. The normalized spacial score (nSPS) is 23.2. The Morgan fingerprint density at radius 3 is 2.82 bits per heavy atom. The van der Waals surface area contributed by atoms with Gasteiger partial charge in [-0.1, -0.05) is 6.07 Å². The highest BCUT2D eigenvalue weighted by Crippen LogP contribution is 2.17. The van der Waals surface area contributed by atoms with Crippen LogP contribution < -0.4 is 5.32 Å². The zero-order valence-electron chi connectivity index (χ0n) is 11.1. The van der Waals surface area contributed by atoms with Crippen molar-refractivity contribution in [3.63, 3.8) is 0 Å². The minimum Gasteiger partial charge on any atom is -0.306 e. The van der Waals surface area contributed by atoms with Gasteiger partial charge in [-0.25, -0.2) is 0 Å². The zero-order valence-corrected chi connectivity index (χ0v) is 11.1. The SMILES string of the molecule is CC(NC1CCN(C(C)C)C1)c1cccnc1. The summed E-state index contributed by atoms with van der Waals surface area (Å²) in [5, 5.41) is 3.70. The van der Waals surface area contributed by atoms with Gasteiger partial charge < -0.3 is 5.32 Å². The van der Waals surface area contributed by atoms with E-state index in [2.05, 4.69) is 42.0 Å². The predicted molar refractivity (Wildman–Crippen MR) is 70.9 cm³/mol. The molecular weight excluding hydrogens is 210 g/mol. The van der Waals surface area contributed by atoms with E-state index in [1.807, 2.05) is 18.5 Å². The molecule has 1 saturated heterocycles. The second-order valence-corrected chi connectivity index (χ2v) is 5.25. The number of likely N-dealkylation sites (tertiary alicyclic amines) is 1. The molecule has 17 heavy (non-hydrogen) atoms. The summed E-state index contributed by atoms with van der Waals surface area (Å²) in [5.74, 6) is 0. The van der Waals surface area contributed by atoms with Gasteiger partial charge in [-0.15, -0.1) is 0 Å². The highest BCUT2D eigenvalue weighted by Gasteiger charge is 2.25. The average molecular weight is 233 g/mol. The maximum absolute atomic E-state index is 4.17. The van der Waals surface area contributed by atoms with Crippen molar-refractivity contribution in [2.45, 2.75) is 45.3 Å². The van der Waals surface area contributed by atoms with Crippen LogP contribution in [0.25, 0.3) is 0 Å². The smallest absolute Gasteiger partial charge is 0.0315 e. The molecule has 0 saturated carbocycles. The molecule has 1 fully saturated rings. The first-order valence-electron chi connectivity index (χ1n) is 6.57. The van der Waals surface area contributed by atoms with Crippen molar-refractivity contribution in [1.82, 2.24) is 15.2 Å². The van der Waals surface area contributed by atoms with Crippen LogP contribution in [-0.2, 0) is 0 Å². The topological polar surface area (TPSA) is 28.2 Å². The molecule has 0 radical (unpaired) electrons. The van der Waals surface area contributed by atoms with Crippen LogP contribution >= 0.6 is 0 Å². The first-order valence-corrected chi connectivity index (χ1v) is 6.57. The molecule has 94 valence electrons. The molecule has 0 aliphatic carbocycles. The van der Waals surface area contributed by atoms with E-state index in [9.17, 15) is 0 Å². The zero-order chi connectivity index (χ0) is 12.3. The van der Waals surface area contributed by atoms with Crippen molar-refractivity contribution >= 4 is 0 Å². The van der Waals surface area contributed by atoms with Gasteiger partial charge in [0.15, 0.2) is 0 Å². The summed E-state index contributed by atoms with van der Waals surface area (Å²) in [7, 11) is 0. The van der Waals surface area contributed by atoms with Gasteiger partial charge in [0, 0.05) is 37.1 Å². The Hall–Kier alpha value is -0.930. The maximum Gasteiger partial charge on any atom is 0.0315 e. The van der Waals surface area contributed by atoms with E-state index in [1.165, 1.54) is 25.1 Å². The summed E-state index contributed by atoms with van der Waals surface area (Å²) in [6.07, 6.45) is 5.03. The summed E-state index contributed by atoms with van der Waals surface area (Å²) in [6, 6.07) is 5.81. The van der Waals surface area contributed by atoms with Crippen LogP contribution in [-0.4, -0.2) is 35.1 Å². The molecule has 0 bridgehead atoms. The predicted octanol–water partition coefficient (Wildman–Crippen LogP) is 2.21. The summed E-state index contributed by atoms with van der Waals surface area (Å²) in [6.45, 7) is 9.15. The van der Waals surface area contributed by atoms with E-state index >= 15 is 0 Å². The number of hydrogen-bond acceptors (Lipinski definition) is 3. The van der Waals surface area contributed by atoms with E-state index in [0.717, 1.165) is 0 Å². The molecule has 0 spiro atoms. The molecule has 3 nitrogen and oxygen atoms in total. The third kappa shape index (κ3) is 3.27. The fourth-order valence-electron chi connectivity index (χ4n) is 2.47. The Morgan fingerprint density at radius 1 is 1.41 bits per heavy atom. The van der Waals surface area contributed by atoms with Crippen molar-refractivity contribution in [2.75, 3.05) is 13.1 Å². The quantitative estimate of drug-likeness (QED) is 0.864. The fourth-order valence-corrected chi connectivity index (χ4v) is 2.47. The van der Waals surface area contributed by atoms with Gasteiger partial charge in [0.1, 0.15) is 0 Å². The molecule has 0 aromatic carbocycles. The molecule has 1 aliphatic heterocycles. The van der Waals surface area contributed by atoms with Crippen LogP contribution in [0.5, 0.6) is 0 Å². The van der Waals surface area contributed by atoms with Crippen LogP contribution in [0.4, 0.5) is 0 Å². The molecule has 2 heterocycles. The van der Waals surface area contributed by atoms with Crippen molar-refractivity contribution in [3.05, 3.63) is 30.1 Å². The second-order valence-electron chi connectivity index (χ2n) is 5.25. The third-order valence-electron chi connectivity index (χ3n) is 3.62. The lowest BCUT2D eigenvalue weighted by Gasteiger charge is -2.22. The standard InChI is InChI=1S/C14H23N3/c1-11(2)17-8-6-14(10-17)16-12(3)13-5-4-7-15-9-13/h4-5,7,9,11-12,14,16H,6,8,10H2,1-3H3. The van der Waals surface area contributed by atoms with E-state index in [4.69, 9.17) is 0 Å². The Bertz CT molecular complexity index is 337. The number of hydrogen-bond donors (Lipinski definition) is 1. The minimum absolute atomic E-state index is 0.390. The lowest BCUT2D eigenvalue weighted by Crippen LogP contribution is -2.36. The Labute approximate surface area is 104 Å². The van der Waals surface area contributed by atoms with Gasteiger partial charge in [-0.3, -0.25) is 9.88 Å². The molecule has 2 unspecified atom stereocenters. The van der Waals surface area contributed by atoms with Gasteiger partial charge in [-0.2, -0.15) is 0 Å². The minimum atomic E-state index is 0.390. The number of nitrogens with one attached hydrogen (secondary N) is 1. The van der Waals surface area contributed by atoms with Crippen LogP contribution in [0.1, 0.15) is 38.8 Å². The lowest BCUT2D eigenvalue weighted by atomic mass is 10.1. The number of pyridine rings is 1. The average Bonchev–Trinajstić information content (AvgIpc) is 2.79. The van der Waals surface area contributed by atoms with Crippen LogP contribution in [0.15, 0.2) is 24.5 Å². The van der Waals surface area contributed by atoms with E-state index in [1.54, 1.807) is 0 Å². The number of rotatable bonds is 4. The summed E-state index contributed by atoms with van der Waals surface area (Å²) < 4.78 is 0. The Balaban J connectivity index is 1.86. The largest absolute Gasteiger partial charge is 0.306 e. The Morgan fingerprint density at radius 2 is 2.24 bits per heavy atom. The van der Waals surface area contributed by atoms with Crippen LogP contribution in [0.2, 0.25) is 0 Å². The monoisotopic (exact) mass is 233 g/mol. The molecular formula is C14H23N3. The van der Waals surface area contributed by atoms with Crippen molar-refractivity contribution in [2.24, 2.45) is 0 Å². The van der Waals surface area contributed by atoms with Gasteiger partial charge in [0.2, 0.25) is 0 Å². The highest BCUT2D eigenvalue weighted by atomic mass is 15.2. The van der Waals surface area contributed by atoms with E-state index in [-0.39, 0.29) is 0 Å². The van der Waals surface area contributed by atoms with Gasteiger partial charge >= 0.3 is 0 Å².